The third-order valence-corrected chi connectivity index (χ3v) is 2.52. The number of nitrogens with zero attached hydrogens (tertiary/aromatic N) is 2. The van der Waals surface area contributed by atoms with Crippen LogP contribution in [-0.2, 0) is 0 Å². The molecule has 2 rings (SSSR count). The third-order valence-electron chi connectivity index (χ3n) is 2.10. The lowest BCUT2D eigenvalue weighted by Gasteiger charge is -1.98. The lowest BCUT2D eigenvalue weighted by atomic mass is 10.2. The highest BCUT2D eigenvalue weighted by molar-refractivity contribution is 7.71. The topological polar surface area (TPSA) is 99.4 Å². The summed E-state index contributed by atoms with van der Waals surface area (Å²) < 4.78 is 4.70. The Balaban J connectivity index is 2.99. The highest BCUT2D eigenvalue weighted by atomic mass is 32.1. The molecule has 0 aliphatic heterocycles. The first-order valence-corrected chi connectivity index (χ1v) is 4.78. The predicted octanol–water partition coefficient (Wildman–Crippen LogP) is 2.98. The largest absolute Gasteiger partial charge is 0.513 e. The molecule has 0 aliphatic carbocycles. The number of hydrogen-bond donors (Lipinski definition) is 0. The Hall–Kier alpha value is -2.35. The Bertz CT molecular complexity index is 693. The van der Waals surface area contributed by atoms with Gasteiger partial charge in [-0.05, 0) is 12.1 Å². The molecule has 2 aromatic rings. The van der Waals surface area contributed by atoms with E-state index < -0.39 is 21.4 Å². The molecule has 0 fully saturated rings. The Morgan fingerprint density at radius 2 is 1.76 bits per heavy atom. The Kier molecular flexibility index (Phi) is 2.56. The fraction of sp³-hybridized carbons (Fsp3) is 0. The average Bonchev–Trinajstić information content (AvgIpc) is 2.28. The molecule has 0 spiro atoms. The van der Waals surface area contributed by atoms with Crippen molar-refractivity contribution in [1.29, 1.82) is 0 Å². The summed E-state index contributed by atoms with van der Waals surface area (Å²) in [6.07, 6.45) is 0. The van der Waals surface area contributed by atoms with Crippen LogP contribution in [0, 0.1) is 24.7 Å². The van der Waals surface area contributed by atoms with E-state index >= 15 is 0 Å². The number of hydrogen-bond acceptors (Lipinski definition) is 6. The Labute approximate surface area is 98.6 Å². The van der Waals surface area contributed by atoms with Crippen molar-refractivity contribution in [3.8, 4) is 0 Å². The van der Waals surface area contributed by atoms with Crippen LogP contribution in [0.1, 0.15) is 0 Å². The molecule has 0 radical (unpaired) electrons. The number of fused-ring (bicyclic) bond motifs is 1. The van der Waals surface area contributed by atoms with Crippen molar-refractivity contribution in [1.82, 2.24) is 0 Å². The van der Waals surface area contributed by atoms with E-state index in [1.54, 1.807) is 12.1 Å². The number of benzene rings is 1. The van der Waals surface area contributed by atoms with E-state index in [1.165, 1.54) is 12.1 Å². The minimum absolute atomic E-state index is 0.148. The summed E-state index contributed by atoms with van der Waals surface area (Å²) in [7, 11) is 0. The molecule has 0 saturated carbocycles. The Morgan fingerprint density at radius 1 is 1.12 bits per heavy atom. The molecule has 0 saturated heterocycles. The summed E-state index contributed by atoms with van der Waals surface area (Å²) in [5.41, 5.74) is -0.640. The first-order valence-electron chi connectivity index (χ1n) is 4.37. The summed E-state index contributed by atoms with van der Waals surface area (Å²) in [4.78, 5) is 19.6. The number of nitro groups is 2. The molecule has 0 unspecified atom stereocenters. The van der Waals surface area contributed by atoms with Crippen LogP contribution >= 0.6 is 12.2 Å². The van der Waals surface area contributed by atoms with Crippen LogP contribution in [-0.4, -0.2) is 9.85 Å². The second-order valence-electron chi connectivity index (χ2n) is 3.10. The van der Waals surface area contributed by atoms with Gasteiger partial charge < -0.3 is 4.42 Å². The zero-order valence-corrected chi connectivity index (χ0v) is 8.97. The number of rotatable bonds is 2. The van der Waals surface area contributed by atoms with E-state index in [4.69, 9.17) is 16.6 Å². The standard InChI is InChI=1S/C9H4N2O5S/c12-10(13)7-8(17)5-3-1-2-4-6(5)16-9(7)11(14)15/h1-4H. The molecule has 1 aromatic heterocycles. The minimum Gasteiger partial charge on any atom is -0.395 e. The van der Waals surface area contributed by atoms with Crippen molar-refractivity contribution >= 4 is 34.8 Å². The monoisotopic (exact) mass is 252 g/mol. The van der Waals surface area contributed by atoms with E-state index in [2.05, 4.69) is 0 Å². The molecular formula is C9H4N2O5S. The highest BCUT2D eigenvalue weighted by Gasteiger charge is 2.31. The fourth-order valence-electron chi connectivity index (χ4n) is 1.41. The van der Waals surface area contributed by atoms with Crippen molar-refractivity contribution in [2.45, 2.75) is 0 Å². The molecule has 0 N–H and O–H groups in total. The molecule has 1 heterocycles. The maximum absolute atomic E-state index is 10.8. The van der Waals surface area contributed by atoms with E-state index in [1.807, 2.05) is 0 Å². The van der Waals surface area contributed by atoms with E-state index in [9.17, 15) is 20.2 Å². The minimum atomic E-state index is -0.958. The van der Waals surface area contributed by atoms with Crippen LogP contribution in [0.15, 0.2) is 28.7 Å². The molecule has 1 aromatic carbocycles. The molecule has 17 heavy (non-hydrogen) atoms. The van der Waals surface area contributed by atoms with Gasteiger partial charge in [0.25, 0.3) is 0 Å². The van der Waals surface area contributed by atoms with Gasteiger partial charge in [-0.3, -0.25) is 20.2 Å². The molecule has 0 amide bonds. The van der Waals surface area contributed by atoms with Crippen LogP contribution < -0.4 is 0 Å². The highest BCUT2D eigenvalue weighted by Crippen LogP contribution is 2.33. The summed E-state index contributed by atoms with van der Waals surface area (Å²) in [5.74, 6) is -0.946. The fourth-order valence-corrected chi connectivity index (χ4v) is 1.74. The maximum Gasteiger partial charge on any atom is 0.513 e. The third kappa shape index (κ3) is 1.74. The number of para-hydroxylation sites is 1. The van der Waals surface area contributed by atoms with Gasteiger partial charge in [0.05, 0.1) is 4.92 Å². The second-order valence-corrected chi connectivity index (χ2v) is 3.50. The van der Waals surface area contributed by atoms with Crippen molar-refractivity contribution in [3.05, 3.63) is 49.0 Å². The van der Waals surface area contributed by atoms with Crippen molar-refractivity contribution in [3.63, 3.8) is 0 Å². The van der Waals surface area contributed by atoms with Gasteiger partial charge in [-0.1, -0.05) is 24.4 Å². The molecule has 8 heteroatoms. The first kappa shape index (κ1) is 11.1. The smallest absolute Gasteiger partial charge is 0.395 e. The maximum atomic E-state index is 10.8. The van der Waals surface area contributed by atoms with Gasteiger partial charge in [0.15, 0.2) is 0 Å². The normalized spacial score (nSPS) is 10.4. The van der Waals surface area contributed by atoms with Crippen LogP contribution in [0.2, 0.25) is 0 Å². The van der Waals surface area contributed by atoms with Crippen molar-refractivity contribution < 1.29 is 14.3 Å². The van der Waals surface area contributed by atoms with Crippen molar-refractivity contribution in [2.24, 2.45) is 0 Å². The van der Waals surface area contributed by atoms with Gasteiger partial charge >= 0.3 is 11.6 Å². The van der Waals surface area contributed by atoms with Crippen LogP contribution in [0.5, 0.6) is 0 Å². The van der Waals surface area contributed by atoms with E-state index in [-0.39, 0.29) is 10.1 Å². The van der Waals surface area contributed by atoms with E-state index in [0.717, 1.165) is 0 Å². The second kappa shape index (κ2) is 3.91. The van der Waals surface area contributed by atoms with Crippen molar-refractivity contribution in [2.75, 3.05) is 0 Å². The summed E-state index contributed by atoms with van der Waals surface area (Å²) in [6, 6.07) is 6.18. The van der Waals surface area contributed by atoms with Gasteiger partial charge in [0, 0.05) is 5.39 Å². The molecule has 0 bridgehead atoms. The Morgan fingerprint density at radius 3 is 2.35 bits per heavy atom. The van der Waals surface area contributed by atoms with Gasteiger partial charge in [-0.15, -0.1) is 0 Å². The average molecular weight is 252 g/mol. The first-order chi connectivity index (χ1) is 8.02. The van der Waals surface area contributed by atoms with Gasteiger partial charge in [0.2, 0.25) is 0 Å². The summed E-state index contributed by atoms with van der Waals surface area (Å²) in [6.45, 7) is 0. The van der Waals surface area contributed by atoms with Crippen LogP contribution in [0.3, 0.4) is 0 Å². The lowest BCUT2D eigenvalue weighted by Crippen LogP contribution is -1.97. The zero-order chi connectivity index (χ0) is 12.6. The molecular weight excluding hydrogens is 248 g/mol. The quantitative estimate of drug-likeness (QED) is 0.462. The predicted molar refractivity (Wildman–Crippen MR) is 60.4 cm³/mol. The summed E-state index contributed by atoms with van der Waals surface area (Å²) >= 11 is 4.87. The lowest BCUT2D eigenvalue weighted by molar-refractivity contribution is -0.434. The van der Waals surface area contributed by atoms with Gasteiger partial charge in [0.1, 0.15) is 15.0 Å². The van der Waals surface area contributed by atoms with E-state index in [0.29, 0.717) is 5.39 Å². The SMILES string of the molecule is O=[N+]([O-])c1oc2ccccc2c(=S)c1[N+](=O)[O-]. The zero-order valence-electron chi connectivity index (χ0n) is 8.15. The van der Waals surface area contributed by atoms with Gasteiger partial charge in [-0.25, -0.2) is 0 Å². The molecule has 0 atom stereocenters. The molecule has 7 nitrogen and oxygen atoms in total. The van der Waals surface area contributed by atoms with Crippen LogP contribution in [0.25, 0.3) is 11.0 Å². The summed E-state index contributed by atoms with van der Waals surface area (Å²) in [5, 5.41) is 21.8. The van der Waals surface area contributed by atoms with Crippen LogP contribution in [0.4, 0.5) is 11.6 Å². The molecule has 0 aliphatic rings. The van der Waals surface area contributed by atoms with Gasteiger partial charge in [-0.2, -0.15) is 0 Å². The molecule has 86 valence electrons.